The van der Waals surface area contributed by atoms with E-state index in [0.717, 1.165) is 17.8 Å². The summed E-state index contributed by atoms with van der Waals surface area (Å²) in [4.78, 5) is 22.8. The monoisotopic (exact) mass is 291 g/mol. The zero-order valence-corrected chi connectivity index (χ0v) is 13.4. The maximum atomic E-state index is 11.7. The Bertz CT molecular complexity index is 530. The van der Waals surface area contributed by atoms with Gasteiger partial charge in [-0.25, -0.2) is 9.97 Å². The highest BCUT2D eigenvalue weighted by Gasteiger charge is 2.44. The van der Waals surface area contributed by atoms with Crippen molar-refractivity contribution in [3.63, 3.8) is 0 Å². The number of anilines is 1. The molecule has 1 fully saturated rings. The van der Waals surface area contributed by atoms with Crippen LogP contribution in [0, 0.1) is 12.3 Å². The molecule has 1 aliphatic rings. The van der Waals surface area contributed by atoms with Gasteiger partial charge in [0, 0.05) is 24.5 Å². The van der Waals surface area contributed by atoms with Crippen LogP contribution in [0.25, 0.3) is 0 Å². The van der Waals surface area contributed by atoms with Gasteiger partial charge >= 0.3 is 5.97 Å². The summed E-state index contributed by atoms with van der Waals surface area (Å²) in [5.74, 6) is 0.328. The summed E-state index contributed by atoms with van der Waals surface area (Å²) in [5.41, 5.74) is 1.31. The van der Waals surface area contributed by atoms with Crippen LogP contribution in [0.5, 0.6) is 0 Å². The minimum Gasteiger partial charge on any atom is -0.481 e. The molecule has 1 N–H and O–H groups in total. The maximum absolute atomic E-state index is 11.7. The van der Waals surface area contributed by atoms with Gasteiger partial charge in [0.1, 0.15) is 0 Å². The molecule has 1 atom stereocenters. The summed E-state index contributed by atoms with van der Waals surface area (Å²) in [6.07, 6.45) is 2.26. The van der Waals surface area contributed by atoms with Gasteiger partial charge in [-0.1, -0.05) is 27.2 Å². The summed E-state index contributed by atoms with van der Waals surface area (Å²) in [7, 11) is 0. The van der Waals surface area contributed by atoms with E-state index in [1.807, 2.05) is 24.8 Å². The number of aromatic nitrogens is 2. The van der Waals surface area contributed by atoms with E-state index >= 15 is 0 Å². The Morgan fingerprint density at radius 2 is 2.19 bits per heavy atom. The normalized spacial score (nSPS) is 22.0. The Morgan fingerprint density at radius 3 is 2.76 bits per heavy atom. The minimum atomic E-state index is -0.691. The molecule has 1 aromatic rings. The molecule has 116 valence electrons. The van der Waals surface area contributed by atoms with Gasteiger partial charge in [-0.3, -0.25) is 4.79 Å². The van der Waals surface area contributed by atoms with Crippen molar-refractivity contribution < 1.29 is 9.90 Å². The van der Waals surface area contributed by atoms with Gasteiger partial charge in [0.2, 0.25) is 5.95 Å². The molecule has 0 aromatic carbocycles. The molecular formula is C16H25N3O2. The van der Waals surface area contributed by atoms with Crippen molar-refractivity contribution in [2.75, 3.05) is 18.0 Å². The number of hydrogen-bond donors (Lipinski definition) is 1. The Kier molecular flexibility index (Phi) is 4.49. The highest BCUT2D eigenvalue weighted by atomic mass is 16.4. The van der Waals surface area contributed by atoms with Crippen LogP contribution in [-0.4, -0.2) is 34.1 Å². The second-order valence-electron chi connectivity index (χ2n) is 6.40. The van der Waals surface area contributed by atoms with Gasteiger partial charge < -0.3 is 10.0 Å². The van der Waals surface area contributed by atoms with Crippen LogP contribution in [0.2, 0.25) is 0 Å². The van der Waals surface area contributed by atoms with Crippen LogP contribution in [0.15, 0.2) is 6.07 Å². The SMILES string of the molecule is CCCC1(C(=O)O)CCN(c2nc(C)cc(C(C)C)n2)C1. The van der Waals surface area contributed by atoms with Crippen LogP contribution in [0.4, 0.5) is 5.95 Å². The van der Waals surface area contributed by atoms with E-state index in [2.05, 4.69) is 23.8 Å². The summed E-state index contributed by atoms with van der Waals surface area (Å²) < 4.78 is 0. The van der Waals surface area contributed by atoms with E-state index in [9.17, 15) is 9.90 Å². The molecule has 0 amide bonds. The molecule has 0 spiro atoms. The molecule has 0 aliphatic carbocycles. The summed E-state index contributed by atoms with van der Waals surface area (Å²) in [5, 5.41) is 9.59. The first-order chi connectivity index (χ1) is 9.88. The first kappa shape index (κ1) is 15.7. The van der Waals surface area contributed by atoms with Crippen molar-refractivity contribution in [2.24, 2.45) is 5.41 Å². The highest BCUT2D eigenvalue weighted by molar-refractivity contribution is 5.76. The minimum absolute atomic E-state index is 0.341. The lowest BCUT2D eigenvalue weighted by Gasteiger charge is -2.24. The molecule has 5 heteroatoms. The van der Waals surface area contributed by atoms with Crippen LogP contribution in [0.1, 0.15) is 57.3 Å². The van der Waals surface area contributed by atoms with Crippen molar-refractivity contribution in [3.05, 3.63) is 17.5 Å². The third-order valence-electron chi connectivity index (χ3n) is 4.27. The number of aryl methyl sites for hydroxylation is 1. The van der Waals surface area contributed by atoms with E-state index in [-0.39, 0.29) is 0 Å². The first-order valence-corrected chi connectivity index (χ1v) is 7.72. The Hall–Kier alpha value is -1.65. The van der Waals surface area contributed by atoms with Gasteiger partial charge in [0.25, 0.3) is 0 Å². The Labute approximate surface area is 126 Å². The number of carbonyl (C=O) groups is 1. The Morgan fingerprint density at radius 1 is 1.48 bits per heavy atom. The highest BCUT2D eigenvalue weighted by Crippen LogP contribution is 2.37. The lowest BCUT2D eigenvalue weighted by Crippen LogP contribution is -2.35. The van der Waals surface area contributed by atoms with Crippen LogP contribution in [0.3, 0.4) is 0 Å². The van der Waals surface area contributed by atoms with E-state index in [0.29, 0.717) is 37.8 Å². The largest absolute Gasteiger partial charge is 0.481 e. The number of nitrogens with zero attached hydrogens (tertiary/aromatic N) is 3. The molecule has 0 radical (unpaired) electrons. The molecule has 2 rings (SSSR count). The molecule has 0 saturated carbocycles. The van der Waals surface area contributed by atoms with Gasteiger partial charge in [-0.2, -0.15) is 0 Å². The topological polar surface area (TPSA) is 66.3 Å². The first-order valence-electron chi connectivity index (χ1n) is 7.72. The second kappa shape index (κ2) is 6.00. The van der Waals surface area contributed by atoms with E-state index in [1.165, 1.54) is 0 Å². The molecule has 1 saturated heterocycles. The number of carboxylic acid groups (broad SMARTS) is 1. The maximum Gasteiger partial charge on any atom is 0.311 e. The number of carboxylic acids is 1. The molecule has 5 nitrogen and oxygen atoms in total. The van der Waals surface area contributed by atoms with Crippen LogP contribution in [-0.2, 0) is 4.79 Å². The molecule has 2 heterocycles. The number of rotatable bonds is 5. The predicted molar refractivity (Wildman–Crippen MR) is 82.7 cm³/mol. The van der Waals surface area contributed by atoms with Gasteiger partial charge in [-0.15, -0.1) is 0 Å². The van der Waals surface area contributed by atoms with Gasteiger partial charge in [0.15, 0.2) is 0 Å². The fourth-order valence-electron chi connectivity index (χ4n) is 3.02. The molecule has 21 heavy (non-hydrogen) atoms. The van der Waals surface area contributed by atoms with Crippen molar-refractivity contribution in [2.45, 2.75) is 52.9 Å². The molecule has 1 aromatic heterocycles. The molecular weight excluding hydrogens is 266 g/mol. The van der Waals surface area contributed by atoms with Gasteiger partial charge in [0.05, 0.1) is 5.41 Å². The fourth-order valence-corrected chi connectivity index (χ4v) is 3.02. The van der Waals surface area contributed by atoms with Crippen LogP contribution < -0.4 is 4.90 Å². The zero-order chi connectivity index (χ0) is 15.6. The summed E-state index contributed by atoms with van der Waals surface area (Å²) >= 11 is 0. The van der Waals surface area contributed by atoms with Crippen LogP contribution >= 0.6 is 0 Å². The lowest BCUT2D eigenvalue weighted by molar-refractivity contribution is -0.148. The van der Waals surface area contributed by atoms with E-state index < -0.39 is 11.4 Å². The molecule has 1 unspecified atom stereocenters. The fraction of sp³-hybridized carbons (Fsp3) is 0.688. The quantitative estimate of drug-likeness (QED) is 0.903. The average molecular weight is 291 g/mol. The lowest BCUT2D eigenvalue weighted by atomic mass is 9.83. The summed E-state index contributed by atoms with van der Waals surface area (Å²) in [6.45, 7) is 9.43. The number of aliphatic carboxylic acids is 1. The Balaban J connectivity index is 2.26. The zero-order valence-electron chi connectivity index (χ0n) is 13.4. The second-order valence-corrected chi connectivity index (χ2v) is 6.40. The van der Waals surface area contributed by atoms with E-state index in [4.69, 9.17) is 0 Å². The third kappa shape index (κ3) is 3.17. The third-order valence-corrected chi connectivity index (χ3v) is 4.27. The average Bonchev–Trinajstić information content (AvgIpc) is 2.84. The smallest absolute Gasteiger partial charge is 0.311 e. The molecule has 1 aliphatic heterocycles. The van der Waals surface area contributed by atoms with E-state index in [1.54, 1.807) is 0 Å². The van der Waals surface area contributed by atoms with Gasteiger partial charge in [-0.05, 0) is 31.7 Å². The summed E-state index contributed by atoms with van der Waals surface area (Å²) in [6, 6.07) is 2.00. The van der Waals surface area contributed by atoms with Crippen molar-refractivity contribution >= 4 is 11.9 Å². The van der Waals surface area contributed by atoms with Crippen molar-refractivity contribution in [3.8, 4) is 0 Å². The number of hydrogen-bond acceptors (Lipinski definition) is 4. The van der Waals surface area contributed by atoms with Crippen molar-refractivity contribution in [1.82, 2.24) is 9.97 Å². The standard InChI is InChI=1S/C16H25N3O2/c1-5-6-16(14(20)21)7-8-19(10-16)15-17-12(4)9-13(18-15)11(2)3/h9,11H,5-8,10H2,1-4H3,(H,20,21). The predicted octanol–water partition coefficient (Wildman–Crippen LogP) is 2.99. The molecule has 0 bridgehead atoms. The van der Waals surface area contributed by atoms with Crippen molar-refractivity contribution in [1.29, 1.82) is 0 Å².